The molecule has 3 aromatic carbocycles. The summed E-state index contributed by atoms with van der Waals surface area (Å²) >= 11 is 0. The molecule has 3 nitrogen and oxygen atoms in total. The van der Waals surface area contributed by atoms with Crippen molar-refractivity contribution in [3.63, 3.8) is 0 Å². The van der Waals surface area contributed by atoms with Crippen LogP contribution in [0, 0.1) is 6.92 Å². The van der Waals surface area contributed by atoms with Crippen LogP contribution in [0.15, 0.2) is 57.7 Å². The van der Waals surface area contributed by atoms with Crippen LogP contribution in [0.2, 0.25) is 0 Å². The molecule has 0 aliphatic rings. The zero-order chi connectivity index (χ0) is 15.3. The van der Waals surface area contributed by atoms with Gasteiger partial charge in [0.1, 0.15) is 16.9 Å². The first-order chi connectivity index (χ1) is 10.7. The SMILES string of the molecule is COc1ccc2c(=O)c3cc4ccc(C)cc4cc3oc2c1. The van der Waals surface area contributed by atoms with Gasteiger partial charge in [-0.1, -0.05) is 23.8 Å². The highest BCUT2D eigenvalue weighted by Gasteiger charge is 2.10. The summed E-state index contributed by atoms with van der Waals surface area (Å²) in [5.41, 5.74) is 2.31. The van der Waals surface area contributed by atoms with Crippen LogP contribution >= 0.6 is 0 Å². The van der Waals surface area contributed by atoms with E-state index in [1.165, 1.54) is 5.56 Å². The van der Waals surface area contributed by atoms with Gasteiger partial charge in [0.15, 0.2) is 0 Å². The van der Waals surface area contributed by atoms with Crippen molar-refractivity contribution in [3.8, 4) is 5.75 Å². The van der Waals surface area contributed by atoms with E-state index in [2.05, 4.69) is 6.07 Å². The Labute approximate surface area is 126 Å². The number of ether oxygens (including phenoxy) is 1. The van der Waals surface area contributed by atoms with Gasteiger partial charge in [-0.05, 0) is 42.0 Å². The van der Waals surface area contributed by atoms with Crippen LogP contribution in [-0.2, 0) is 0 Å². The normalized spacial score (nSPS) is 11.4. The summed E-state index contributed by atoms with van der Waals surface area (Å²) in [7, 11) is 1.59. The minimum Gasteiger partial charge on any atom is -0.497 e. The van der Waals surface area contributed by atoms with E-state index in [0.717, 1.165) is 10.8 Å². The zero-order valence-electron chi connectivity index (χ0n) is 12.3. The maximum atomic E-state index is 12.7. The predicted molar refractivity (Wildman–Crippen MR) is 88.8 cm³/mol. The smallest absolute Gasteiger partial charge is 0.200 e. The van der Waals surface area contributed by atoms with E-state index >= 15 is 0 Å². The predicted octanol–water partition coefficient (Wildman–Crippen LogP) is 4.42. The third-order valence-corrected chi connectivity index (χ3v) is 3.99. The highest BCUT2D eigenvalue weighted by molar-refractivity contribution is 5.99. The average molecular weight is 290 g/mol. The number of fused-ring (bicyclic) bond motifs is 3. The lowest BCUT2D eigenvalue weighted by molar-refractivity contribution is 0.414. The first-order valence-corrected chi connectivity index (χ1v) is 7.11. The quantitative estimate of drug-likeness (QED) is 0.487. The third-order valence-electron chi connectivity index (χ3n) is 3.99. The van der Waals surface area contributed by atoms with Crippen LogP contribution in [0.1, 0.15) is 5.56 Å². The van der Waals surface area contributed by atoms with E-state index in [4.69, 9.17) is 9.15 Å². The van der Waals surface area contributed by atoms with Gasteiger partial charge in [0.2, 0.25) is 5.43 Å². The minimum absolute atomic E-state index is 0.0126. The summed E-state index contributed by atoms with van der Waals surface area (Å²) in [6, 6.07) is 15.3. The van der Waals surface area contributed by atoms with Crippen LogP contribution in [0.4, 0.5) is 0 Å². The molecule has 0 fully saturated rings. The lowest BCUT2D eigenvalue weighted by Gasteiger charge is -2.06. The van der Waals surface area contributed by atoms with E-state index in [0.29, 0.717) is 27.7 Å². The molecule has 3 heteroatoms. The molecule has 0 saturated heterocycles. The molecule has 0 saturated carbocycles. The van der Waals surface area contributed by atoms with Crippen molar-refractivity contribution in [2.45, 2.75) is 6.92 Å². The summed E-state index contributed by atoms with van der Waals surface area (Å²) < 4.78 is 11.1. The van der Waals surface area contributed by atoms with Gasteiger partial charge in [0.05, 0.1) is 17.9 Å². The van der Waals surface area contributed by atoms with E-state index in [1.807, 2.05) is 31.2 Å². The van der Waals surface area contributed by atoms with E-state index in [1.54, 1.807) is 25.3 Å². The van der Waals surface area contributed by atoms with Crippen LogP contribution in [-0.4, -0.2) is 7.11 Å². The molecule has 1 heterocycles. The molecular formula is C19H14O3. The molecule has 0 N–H and O–H groups in total. The average Bonchev–Trinajstić information content (AvgIpc) is 2.53. The van der Waals surface area contributed by atoms with Crippen LogP contribution in [0.3, 0.4) is 0 Å². The maximum Gasteiger partial charge on any atom is 0.200 e. The number of aryl methyl sites for hydroxylation is 1. The van der Waals surface area contributed by atoms with Crippen molar-refractivity contribution in [1.29, 1.82) is 0 Å². The van der Waals surface area contributed by atoms with Gasteiger partial charge >= 0.3 is 0 Å². The Balaban J connectivity index is 2.16. The fourth-order valence-corrected chi connectivity index (χ4v) is 2.82. The van der Waals surface area contributed by atoms with E-state index < -0.39 is 0 Å². The maximum absolute atomic E-state index is 12.7. The van der Waals surface area contributed by atoms with Gasteiger partial charge < -0.3 is 9.15 Å². The Kier molecular flexibility index (Phi) is 2.70. The molecule has 0 aliphatic heterocycles. The lowest BCUT2D eigenvalue weighted by atomic mass is 10.0. The van der Waals surface area contributed by atoms with Crippen molar-refractivity contribution >= 4 is 32.7 Å². The summed E-state index contributed by atoms with van der Waals surface area (Å²) in [4.78, 5) is 12.7. The molecule has 108 valence electrons. The standard InChI is InChI=1S/C19H14O3/c1-11-3-4-12-8-16-17(9-13(12)7-11)22-18-10-14(21-2)5-6-15(18)19(16)20/h3-10H,1-2H3. The largest absolute Gasteiger partial charge is 0.497 e. The second kappa shape index (κ2) is 4.60. The highest BCUT2D eigenvalue weighted by atomic mass is 16.5. The Morgan fingerprint density at radius 1 is 0.864 bits per heavy atom. The topological polar surface area (TPSA) is 39.4 Å². The summed E-state index contributed by atoms with van der Waals surface area (Å²) in [6.45, 7) is 2.05. The van der Waals surface area contributed by atoms with Crippen molar-refractivity contribution < 1.29 is 9.15 Å². The second-order valence-corrected chi connectivity index (χ2v) is 5.49. The first-order valence-electron chi connectivity index (χ1n) is 7.11. The molecule has 0 unspecified atom stereocenters. The Morgan fingerprint density at radius 3 is 2.50 bits per heavy atom. The Morgan fingerprint density at radius 2 is 1.68 bits per heavy atom. The fraction of sp³-hybridized carbons (Fsp3) is 0.105. The number of methoxy groups -OCH3 is 1. The highest BCUT2D eigenvalue weighted by Crippen LogP contribution is 2.26. The zero-order valence-corrected chi connectivity index (χ0v) is 12.3. The molecule has 22 heavy (non-hydrogen) atoms. The molecular weight excluding hydrogens is 276 g/mol. The van der Waals surface area contributed by atoms with Gasteiger partial charge in [-0.25, -0.2) is 0 Å². The number of hydrogen-bond donors (Lipinski definition) is 0. The lowest BCUT2D eigenvalue weighted by Crippen LogP contribution is -2.02. The van der Waals surface area contributed by atoms with Gasteiger partial charge in [-0.3, -0.25) is 4.79 Å². The molecule has 0 aliphatic carbocycles. The van der Waals surface area contributed by atoms with Gasteiger partial charge in [0, 0.05) is 6.07 Å². The minimum atomic E-state index is -0.0126. The molecule has 0 spiro atoms. The molecule has 0 bridgehead atoms. The molecule has 0 atom stereocenters. The second-order valence-electron chi connectivity index (χ2n) is 5.49. The number of hydrogen-bond acceptors (Lipinski definition) is 3. The third kappa shape index (κ3) is 1.86. The Hall–Kier alpha value is -2.81. The van der Waals surface area contributed by atoms with Crippen molar-refractivity contribution in [3.05, 3.63) is 64.3 Å². The molecule has 1 aromatic heterocycles. The van der Waals surface area contributed by atoms with E-state index in [-0.39, 0.29) is 5.43 Å². The molecule has 4 rings (SSSR count). The first kappa shape index (κ1) is 12.9. The molecule has 4 aromatic rings. The molecule has 0 amide bonds. The summed E-state index contributed by atoms with van der Waals surface area (Å²) in [5.74, 6) is 0.673. The van der Waals surface area contributed by atoms with Crippen molar-refractivity contribution in [2.24, 2.45) is 0 Å². The van der Waals surface area contributed by atoms with Gasteiger partial charge in [-0.15, -0.1) is 0 Å². The monoisotopic (exact) mass is 290 g/mol. The van der Waals surface area contributed by atoms with Gasteiger partial charge in [0.25, 0.3) is 0 Å². The Bertz CT molecular complexity index is 1090. The summed E-state index contributed by atoms with van der Waals surface area (Å²) in [5, 5.41) is 3.28. The van der Waals surface area contributed by atoms with Gasteiger partial charge in [-0.2, -0.15) is 0 Å². The van der Waals surface area contributed by atoms with Crippen LogP contribution in [0.25, 0.3) is 32.7 Å². The number of rotatable bonds is 1. The van der Waals surface area contributed by atoms with Crippen molar-refractivity contribution in [2.75, 3.05) is 7.11 Å². The fourth-order valence-electron chi connectivity index (χ4n) is 2.82. The van der Waals surface area contributed by atoms with E-state index in [9.17, 15) is 4.79 Å². The summed E-state index contributed by atoms with van der Waals surface area (Å²) in [6.07, 6.45) is 0. The van der Waals surface area contributed by atoms with Crippen LogP contribution in [0.5, 0.6) is 5.75 Å². The van der Waals surface area contributed by atoms with Crippen LogP contribution < -0.4 is 10.2 Å². The molecule has 0 radical (unpaired) electrons. The number of benzene rings is 3. The van der Waals surface area contributed by atoms with Crippen molar-refractivity contribution in [1.82, 2.24) is 0 Å².